The van der Waals surface area contributed by atoms with Crippen LogP contribution >= 0.6 is 7.26 Å². The molecule has 1 fully saturated rings. The van der Waals surface area contributed by atoms with E-state index in [0.717, 1.165) is 35.7 Å². The number of carbonyl (C=O) groups is 2. The number of rotatable bonds is 8. The van der Waals surface area contributed by atoms with Crippen molar-refractivity contribution in [1.29, 1.82) is 0 Å². The summed E-state index contributed by atoms with van der Waals surface area (Å²) in [5.74, 6) is 6.68. The number of Topliss-reactive ketones (excluding diaryl/α,β-unsaturated/α-hetero) is 1. The van der Waals surface area contributed by atoms with E-state index in [1.165, 1.54) is 27.1 Å². The van der Waals surface area contributed by atoms with Crippen molar-refractivity contribution in [3.8, 4) is 16.2 Å². The van der Waals surface area contributed by atoms with Gasteiger partial charge in [-0.3, -0.25) is 14.6 Å². The second kappa shape index (κ2) is 17.2. The molecule has 5 nitrogen and oxygen atoms in total. The van der Waals surface area contributed by atoms with Crippen LogP contribution in [-0.4, -0.2) is 21.7 Å². The summed E-state index contributed by atoms with van der Waals surface area (Å²) in [5.41, 5.74) is 8.23. The van der Waals surface area contributed by atoms with Gasteiger partial charge in [0.2, 0.25) is 0 Å². The average molecular weight is 948 g/mol. The quantitative estimate of drug-likeness (QED) is 0.125. The van der Waals surface area contributed by atoms with Crippen LogP contribution in [0, 0.1) is 16.2 Å². The minimum atomic E-state index is -2.50. The Morgan fingerprint density at radius 1 is 0.741 bits per heavy atom. The Labute approximate surface area is 350 Å². The third kappa shape index (κ3) is 7.31. The SMILES string of the molecule is CC=C1CCCC1=CC(C#Cc1ccc(C2=C3C(=O)CC(c4ccc(/C=C/C)cn4)=C3C(=O)N2)nc1)=C([C]#[Os])[P+](c1ccccc1)(c1ccccc1)c1ccccc1. The van der Waals surface area contributed by atoms with Gasteiger partial charge in [-0.1, -0.05) is 18.2 Å². The molecule has 2 aliphatic carbocycles. The molecule has 1 N–H and O–H groups in total. The Kier molecular flexibility index (Phi) is 11.5. The molecule has 0 atom stereocenters. The van der Waals surface area contributed by atoms with Gasteiger partial charge in [-0.05, 0) is 24.1 Å². The first-order valence-electron chi connectivity index (χ1n) is 19.4. The van der Waals surface area contributed by atoms with Crippen molar-refractivity contribution in [1.82, 2.24) is 15.3 Å². The van der Waals surface area contributed by atoms with Gasteiger partial charge in [0.15, 0.2) is 0 Å². The third-order valence-corrected chi connectivity index (χ3v) is 16.2. The van der Waals surface area contributed by atoms with Gasteiger partial charge in [0.1, 0.15) is 0 Å². The number of amides is 1. The maximum atomic E-state index is 13.5. The van der Waals surface area contributed by atoms with Crippen LogP contribution in [0.2, 0.25) is 0 Å². The Morgan fingerprint density at radius 2 is 1.36 bits per heavy atom. The number of nitrogens with zero attached hydrogens (tertiary/aromatic N) is 2. The zero-order chi connectivity index (χ0) is 40.1. The molecule has 0 radical (unpaired) electrons. The molecule has 3 heterocycles. The summed E-state index contributed by atoms with van der Waals surface area (Å²) in [6.45, 7) is 4.07. The molecule has 0 spiro atoms. The van der Waals surface area contributed by atoms with Gasteiger partial charge in [-0.15, -0.1) is 0 Å². The summed E-state index contributed by atoms with van der Waals surface area (Å²) < 4.78 is 3.77. The summed E-state index contributed by atoms with van der Waals surface area (Å²) in [6, 6.07) is 40.0. The summed E-state index contributed by atoms with van der Waals surface area (Å²) in [5, 5.41) is 7.72. The molecule has 0 saturated heterocycles. The Bertz CT molecular complexity index is 2630. The molecular formula is C51H40N3O2OsP+. The van der Waals surface area contributed by atoms with E-state index in [2.05, 4.69) is 137 Å². The Hall–Kier alpha value is -6.05. The standard InChI is InChI=1S/C51H39N3O2P.Os/c1-4-16-36-26-29-45(52-33-36)44-32-47(55)49-48(44)51(56)54-50(49)46-30-27-37(34-53-46)25-28-39(31-40-18-15-17-38(40)5-2)35(3)57(41-19-9-6-10-20-41,42-21-11-7-12-22-42)43-23-13-8-14-24-43;/h4-14,16,19-24,26-27,29-31,33-34H,15,17-18,32H2,1-2H3;/p+1/b16-4+,38-5?,39-35?,40-31?;. The van der Waals surface area contributed by atoms with Gasteiger partial charge in [-0.25, -0.2) is 0 Å². The second-order valence-electron chi connectivity index (χ2n) is 14.2. The van der Waals surface area contributed by atoms with E-state index in [4.69, 9.17) is 4.98 Å². The number of nitrogens with one attached hydrogen (secondary N) is 1. The van der Waals surface area contributed by atoms with Gasteiger partial charge in [0.05, 0.1) is 5.69 Å². The van der Waals surface area contributed by atoms with E-state index in [-0.39, 0.29) is 18.1 Å². The first kappa shape index (κ1) is 38.8. The van der Waals surface area contributed by atoms with Crippen LogP contribution in [0.15, 0.2) is 179 Å². The molecule has 2 aromatic heterocycles. The summed E-state index contributed by atoms with van der Waals surface area (Å²) in [6.07, 6.45) is 15.2. The number of allylic oxidation sites excluding steroid dienone is 8. The normalized spacial score (nSPS) is 17.1. The van der Waals surface area contributed by atoms with Crippen molar-refractivity contribution >= 4 is 52.2 Å². The third-order valence-electron chi connectivity index (χ3n) is 10.8. The van der Waals surface area contributed by atoms with E-state index in [9.17, 15) is 9.59 Å². The van der Waals surface area contributed by atoms with E-state index in [0.29, 0.717) is 39.4 Å². The molecular weight excluding hydrogens is 908 g/mol. The van der Waals surface area contributed by atoms with Crippen LogP contribution in [0.25, 0.3) is 17.3 Å². The number of fused-ring (bicyclic) bond motifs is 1. The summed E-state index contributed by atoms with van der Waals surface area (Å²) in [4.78, 5) is 36.2. The molecule has 0 bridgehead atoms. The van der Waals surface area contributed by atoms with E-state index >= 15 is 0 Å². The van der Waals surface area contributed by atoms with Crippen molar-refractivity contribution in [2.75, 3.05) is 0 Å². The molecule has 3 aliphatic rings. The van der Waals surface area contributed by atoms with Crippen molar-refractivity contribution in [3.05, 3.63) is 202 Å². The van der Waals surface area contributed by atoms with E-state index in [1.54, 1.807) is 30.3 Å². The minimum absolute atomic E-state index is 0.119. The van der Waals surface area contributed by atoms with Crippen LogP contribution in [0.5, 0.6) is 0 Å². The van der Waals surface area contributed by atoms with Crippen LogP contribution in [-0.2, 0) is 27.5 Å². The fraction of sp³-hybridized carbons (Fsp3) is 0.118. The zero-order valence-corrected chi connectivity index (χ0v) is 35.7. The number of aromatic nitrogens is 2. The molecule has 1 aliphatic heterocycles. The molecule has 8 rings (SSSR count). The maximum absolute atomic E-state index is 13.5. The van der Waals surface area contributed by atoms with Gasteiger partial charge in [0.25, 0.3) is 0 Å². The molecule has 283 valence electrons. The van der Waals surface area contributed by atoms with Crippen LogP contribution in [0.3, 0.4) is 0 Å². The second-order valence-corrected chi connectivity index (χ2v) is 18.2. The first-order valence-corrected chi connectivity index (χ1v) is 22.4. The van der Waals surface area contributed by atoms with Gasteiger partial charge in [-0.2, -0.15) is 0 Å². The van der Waals surface area contributed by atoms with Gasteiger partial charge in [0, 0.05) is 12.6 Å². The predicted molar refractivity (Wildman–Crippen MR) is 233 cm³/mol. The number of hydrogen-bond donors (Lipinski definition) is 1. The Morgan fingerprint density at radius 3 is 1.91 bits per heavy atom. The molecule has 58 heavy (non-hydrogen) atoms. The van der Waals surface area contributed by atoms with Crippen LogP contribution < -0.4 is 21.2 Å². The number of ketones is 1. The topological polar surface area (TPSA) is 72.0 Å². The Balaban J connectivity index is 1.26. The van der Waals surface area contributed by atoms with Crippen molar-refractivity contribution < 1.29 is 27.5 Å². The van der Waals surface area contributed by atoms with Crippen LogP contribution in [0.1, 0.15) is 62.0 Å². The number of benzene rings is 3. The van der Waals surface area contributed by atoms with Crippen molar-refractivity contribution in [3.63, 3.8) is 0 Å². The number of carbonyl (C=O) groups excluding carboxylic acids is 2. The summed E-state index contributed by atoms with van der Waals surface area (Å²) in [7, 11) is -2.50. The van der Waals surface area contributed by atoms with Gasteiger partial charge < -0.3 is 0 Å². The number of pyridine rings is 2. The van der Waals surface area contributed by atoms with E-state index in [1.807, 2.05) is 43.3 Å². The van der Waals surface area contributed by atoms with Crippen molar-refractivity contribution in [2.45, 2.75) is 39.5 Å². The molecule has 3 aromatic carbocycles. The molecule has 0 unspecified atom stereocenters. The average Bonchev–Trinajstić information content (AvgIpc) is 3.98. The first-order chi connectivity index (χ1) is 28.5. The molecule has 1 amide bonds. The molecule has 7 heteroatoms. The summed E-state index contributed by atoms with van der Waals surface area (Å²) >= 11 is 1.75. The van der Waals surface area contributed by atoms with Crippen LogP contribution in [0.4, 0.5) is 0 Å². The monoisotopic (exact) mass is 949 g/mol. The number of hydrogen-bond acceptors (Lipinski definition) is 4. The fourth-order valence-electron chi connectivity index (χ4n) is 8.12. The predicted octanol–water partition coefficient (Wildman–Crippen LogP) is 8.94. The van der Waals surface area contributed by atoms with Gasteiger partial charge >= 0.3 is 277 Å². The molecule has 5 aromatic rings. The van der Waals surface area contributed by atoms with E-state index < -0.39 is 7.26 Å². The molecule has 1 saturated carbocycles. The zero-order valence-electron chi connectivity index (χ0n) is 32.3. The van der Waals surface area contributed by atoms with Crippen molar-refractivity contribution in [2.24, 2.45) is 0 Å². The fourth-order valence-corrected chi connectivity index (χ4v) is 13.9.